The van der Waals surface area contributed by atoms with Crippen LogP contribution in [0, 0.1) is 6.92 Å². The van der Waals surface area contributed by atoms with Crippen LogP contribution in [0.3, 0.4) is 0 Å². The van der Waals surface area contributed by atoms with E-state index in [-0.39, 0.29) is 40.7 Å². The van der Waals surface area contributed by atoms with Gasteiger partial charge in [0.2, 0.25) is 0 Å². The van der Waals surface area contributed by atoms with Gasteiger partial charge in [0.1, 0.15) is 11.5 Å². The van der Waals surface area contributed by atoms with Crippen LogP contribution in [0.1, 0.15) is 63.4 Å². The van der Waals surface area contributed by atoms with Gasteiger partial charge in [-0.05, 0) is 48.9 Å². The van der Waals surface area contributed by atoms with Crippen molar-refractivity contribution < 1.29 is 39.4 Å². The summed E-state index contributed by atoms with van der Waals surface area (Å²) in [6, 6.07) is 11.9. The number of tetrazole rings is 1. The predicted octanol–water partition coefficient (Wildman–Crippen LogP) is 1.99. The van der Waals surface area contributed by atoms with E-state index in [1.54, 1.807) is 6.07 Å². The van der Waals surface area contributed by atoms with Gasteiger partial charge in [-0.15, -0.1) is 0 Å². The first-order chi connectivity index (χ1) is 14.4. The zero-order valence-electron chi connectivity index (χ0n) is 19.4. The van der Waals surface area contributed by atoms with Crippen LogP contribution in [0.4, 0.5) is 0 Å². The Morgan fingerprint density at radius 1 is 1.06 bits per heavy atom. The summed E-state index contributed by atoms with van der Waals surface area (Å²) in [5.74, 6) is 1.74. The van der Waals surface area contributed by atoms with Crippen molar-refractivity contribution in [1.29, 1.82) is 0 Å². The minimum atomic E-state index is -0.114. The molecule has 1 aromatic heterocycles. The van der Waals surface area contributed by atoms with E-state index in [0.717, 1.165) is 60.1 Å². The zero-order chi connectivity index (χ0) is 21.6. The molecule has 0 aliphatic heterocycles. The number of hydrogen-bond donors (Lipinski definition) is 1. The fourth-order valence-electron chi connectivity index (χ4n) is 3.67. The Bertz CT molecular complexity index is 958. The van der Waals surface area contributed by atoms with Gasteiger partial charge in [0.15, 0.2) is 0 Å². The van der Waals surface area contributed by atoms with Crippen molar-refractivity contribution in [3.8, 4) is 22.6 Å². The number of phenolic OH excluding ortho intramolecular Hbond substituents is 1. The molecular formula is C24H31N4NaO2. The Balaban J connectivity index is 0.00000341. The smallest absolute Gasteiger partial charge is 0.507 e. The first kappa shape index (κ1) is 25.4. The van der Waals surface area contributed by atoms with Crippen LogP contribution in [0.25, 0.3) is 11.1 Å². The number of aromatic nitrogens is 4. The number of phenols is 1. The minimum absolute atomic E-state index is 0. The fraction of sp³-hybridized carbons (Fsp3) is 0.458. The second-order valence-electron chi connectivity index (χ2n) is 8.39. The molecule has 160 valence electrons. The minimum Gasteiger partial charge on any atom is -0.507 e. The molecule has 1 heterocycles. The van der Waals surface area contributed by atoms with Crippen LogP contribution < -0.4 is 39.5 Å². The molecule has 0 spiro atoms. The summed E-state index contributed by atoms with van der Waals surface area (Å²) in [7, 11) is 0. The maximum absolute atomic E-state index is 10.6. The summed E-state index contributed by atoms with van der Waals surface area (Å²) >= 11 is 0. The number of ether oxygens (including phenoxy) is 1. The first-order valence-corrected chi connectivity index (χ1v) is 10.7. The van der Waals surface area contributed by atoms with E-state index in [4.69, 9.17) is 4.74 Å². The van der Waals surface area contributed by atoms with Gasteiger partial charge in [-0.3, -0.25) is 15.5 Å². The normalized spacial score (nSPS) is 11.2. The van der Waals surface area contributed by atoms with E-state index in [1.807, 2.05) is 18.2 Å². The number of nitrogens with zero attached hydrogens (tertiary/aromatic N) is 4. The van der Waals surface area contributed by atoms with Gasteiger partial charge in [0.05, 0.1) is 6.61 Å². The van der Waals surface area contributed by atoms with Crippen molar-refractivity contribution in [2.45, 2.75) is 65.2 Å². The summed E-state index contributed by atoms with van der Waals surface area (Å²) in [6.07, 6.45) is 4.90. The number of rotatable bonds is 10. The van der Waals surface area contributed by atoms with Crippen molar-refractivity contribution >= 4 is 0 Å². The number of hydrogen-bond acceptors (Lipinski definition) is 5. The second kappa shape index (κ2) is 11.7. The van der Waals surface area contributed by atoms with E-state index in [0.29, 0.717) is 12.4 Å². The van der Waals surface area contributed by atoms with Crippen molar-refractivity contribution in [3.05, 3.63) is 53.3 Å². The number of aryl methyl sites for hydroxylation is 2. The zero-order valence-corrected chi connectivity index (χ0v) is 21.4. The third-order valence-corrected chi connectivity index (χ3v) is 5.62. The second-order valence-corrected chi connectivity index (χ2v) is 8.39. The molecule has 0 unspecified atom stereocenters. The summed E-state index contributed by atoms with van der Waals surface area (Å²) in [5.41, 5.74) is 4.05. The van der Waals surface area contributed by atoms with Crippen LogP contribution >= 0.6 is 0 Å². The molecule has 0 fully saturated rings. The van der Waals surface area contributed by atoms with Crippen LogP contribution in [0.15, 0.2) is 36.4 Å². The van der Waals surface area contributed by atoms with E-state index in [9.17, 15) is 5.11 Å². The van der Waals surface area contributed by atoms with Gasteiger partial charge in [0.25, 0.3) is 0 Å². The van der Waals surface area contributed by atoms with Crippen molar-refractivity contribution in [1.82, 2.24) is 20.6 Å². The molecule has 0 amide bonds. The average Bonchev–Trinajstić information content (AvgIpc) is 3.27. The Morgan fingerprint density at radius 2 is 1.84 bits per heavy atom. The predicted molar refractivity (Wildman–Crippen MR) is 118 cm³/mol. The van der Waals surface area contributed by atoms with Gasteiger partial charge in [-0.1, -0.05) is 57.9 Å². The van der Waals surface area contributed by atoms with Crippen LogP contribution in [-0.2, 0) is 11.8 Å². The number of benzene rings is 2. The molecule has 0 aliphatic carbocycles. The summed E-state index contributed by atoms with van der Waals surface area (Å²) < 4.78 is 6.03. The Kier molecular flexibility index (Phi) is 9.54. The molecule has 31 heavy (non-hydrogen) atoms. The Hall–Kier alpha value is -1.89. The SMILES string of the molecule is CCc1cc(-c2ccccc2C)c(O)cc1OCCCCCC(C)(C)c1nn[n-]n1.[Na+]. The third-order valence-electron chi connectivity index (χ3n) is 5.62. The van der Waals surface area contributed by atoms with Crippen LogP contribution in [0.5, 0.6) is 11.5 Å². The number of aromatic hydroxyl groups is 1. The fourth-order valence-corrected chi connectivity index (χ4v) is 3.67. The van der Waals surface area contributed by atoms with E-state index in [2.05, 4.69) is 60.5 Å². The quantitative estimate of drug-likeness (QED) is 0.391. The molecule has 7 heteroatoms. The third kappa shape index (κ3) is 6.55. The molecule has 0 radical (unpaired) electrons. The van der Waals surface area contributed by atoms with Gasteiger partial charge < -0.3 is 14.9 Å². The van der Waals surface area contributed by atoms with Crippen LogP contribution in [0.2, 0.25) is 0 Å². The van der Waals surface area contributed by atoms with Crippen molar-refractivity contribution in [2.24, 2.45) is 0 Å². The van der Waals surface area contributed by atoms with Crippen molar-refractivity contribution in [2.75, 3.05) is 6.61 Å². The molecule has 2 aromatic carbocycles. The molecular weight excluding hydrogens is 399 g/mol. The monoisotopic (exact) mass is 430 g/mol. The maximum Gasteiger partial charge on any atom is 1.00 e. The molecule has 1 N–H and O–H groups in total. The first-order valence-electron chi connectivity index (χ1n) is 10.7. The molecule has 3 aromatic rings. The Labute approximate surface area is 207 Å². The standard InChI is InChI=1S/C24H31N4O2.Na/c1-5-18-15-20(19-12-8-7-11-17(19)2)21(29)16-22(18)30-14-10-6-9-13-24(3,4)23-25-27-28-26-23;/h7-8,11-12,15-16H,5-6,9-10,13-14H2,1-4H3,(H-,25,26,27,28,29);/q-1;+1. The molecule has 0 aliphatic rings. The molecule has 6 nitrogen and oxygen atoms in total. The summed E-state index contributed by atoms with van der Waals surface area (Å²) in [4.78, 5) is 0. The largest absolute Gasteiger partial charge is 1.00 e. The summed E-state index contributed by atoms with van der Waals surface area (Å²) in [6.45, 7) is 9.04. The van der Waals surface area contributed by atoms with E-state index < -0.39 is 0 Å². The molecule has 0 saturated heterocycles. The Morgan fingerprint density at radius 3 is 2.52 bits per heavy atom. The summed E-state index contributed by atoms with van der Waals surface area (Å²) in [5, 5.41) is 25.7. The molecule has 3 rings (SSSR count). The van der Waals surface area contributed by atoms with Gasteiger partial charge in [0, 0.05) is 22.9 Å². The van der Waals surface area contributed by atoms with Gasteiger partial charge in [-0.25, -0.2) is 0 Å². The van der Waals surface area contributed by atoms with Gasteiger partial charge >= 0.3 is 29.6 Å². The maximum atomic E-state index is 10.6. The molecule has 0 atom stereocenters. The molecule has 0 saturated carbocycles. The van der Waals surface area contributed by atoms with E-state index in [1.165, 1.54) is 0 Å². The number of unbranched alkanes of at least 4 members (excludes halogenated alkanes) is 2. The topological polar surface area (TPSA) is 82.2 Å². The van der Waals surface area contributed by atoms with Crippen molar-refractivity contribution in [3.63, 3.8) is 0 Å². The van der Waals surface area contributed by atoms with Crippen LogP contribution in [-0.4, -0.2) is 27.1 Å². The van der Waals surface area contributed by atoms with E-state index >= 15 is 0 Å². The molecule has 0 bridgehead atoms. The average molecular weight is 431 g/mol. The van der Waals surface area contributed by atoms with Gasteiger partial charge in [-0.2, -0.15) is 0 Å².